The number of nitrogens with zero attached hydrogens (tertiary/aromatic N) is 1. The number of carbonyl (C=O) groups is 1. The Balaban J connectivity index is 1.59. The highest BCUT2D eigenvalue weighted by atomic mass is 35.5. The Morgan fingerprint density at radius 1 is 1.19 bits per heavy atom. The van der Waals surface area contributed by atoms with Gasteiger partial charge in [0, 0.05) is 22.2 Å². The molecule has 0 saturated heterocycles. The van der Waals surface area contributed by atoms with E-state index in [9.17, 15) is 4.79 Å². The molecule has 3 aromatic heterocycles. The van der Waals surface area contributed by atoms with Crippen molar-refractivity contribution in [2.45, 2.75) is 13.0 Å². The van der Waals surface area contributed by atoms with Crippen molar-refractivity contribution in [1.29, 1.82) is 0 Å². The SMILES string of the molecule is Cc1nc(-c2c[nH]c(C(=O)N[C@H](c3ccc(Cl)cc3)c3ccsc3)c2)cs1. The van der Waals surface area contributed by atoms with Crippen LogP contribution in [0.15, 0.2) is 58.7 Å². The summed E-state index contributed by atoms with van der Waals surface area (Å²) in [6, 6.07) is 11.1. The Hall–Kier alpha value is -2.41. The van der Waals surface area contributed by atoms with Crippen molar-refractivity contribution in [2.24, 2.45) is 0 Å². The number of benzene rings is 1. The molecule has 2 N–H and O–H groups in total. The van der Waals surface area contributed by atoms with Crippen LogP contribution in [-0.4, -0.2) is 15.9 Å². The summed E-state index contributed by atoms with van der Waals surface area (Å²) in [5.74, 6) is -0.167. The molecule has 27 heavy (non-hydrogen) atoms. The monoisotopic (exact) mass is 413 g/mol. The Kier molecular flexibility index (Phi) is 5.11. The van der Waals surface area contributed by atoms with E-state index < -0.39 is 0 Å². The highest BCUT2D eigenvalue weighted by Crippen LogP contribution is 2.27. The lowest BCUT2D eigenvalue weighted by molar-refractivity contribution is 0.0938. The van der Waals surface area contributed by atoms with E-state index in [0.717, 1.165) is 27.4 Å². The van der Waals surface area contributed by atoms with Gasteiger partial charge in [0.25, 0.3) is 5.91 Å². The molecule has 0 aliphatic carbocycles. The number of aromatic nitrogens is 2. The van der Waals surface area contributed by atoms with Crippen LogP contribution in [0, 0.1) is 6.92 Å². The average Bonchev–Trinajstić information content (AvgIpc) is 3.41. The van der Waals surface area contributed by atoms with E-state index >= 15 is 0 Å². The molecular weight excluding hydrogens is 398 g/mol. The van der Waals surface area contributed by atoms with Gasteiger partial charge in [0.2, 0.25) is 0 Å². The van der Waals surface area contributed by atoms with Gasteiger partial charge in [0.05, 0.1) is 16.7 Å². The molecule has 7 heteroatoms. The molecule has 0 fully saturated rings. The summed E-state index contributed by atoms with van der Waals surface area (Å²) in [7, 11) is 0. The summed E-state index contributed by atoms with van der Waals surface area (Å²) in [4.78, 5) is 20.4. The maximum atomic E-state index is 12.9. The Morgan fingerprint density at radius 2 is 2.00 bits per heavy atom. The van der Waals surface area contributed by atoms with Crippen molar-refractivity contribution in [3.63, 3.8) is 0 Å². The van der Waals surface area contributed by atoms with Gasteiger partial charge in [-0.3, -0.25) is 4.79 Å². The van der Waals surface area contributed by atoms with Crippen LogP contribution in [0.5, 0.6) is 0 Å². The molecule has 0 saturated carbocycles. The fourth-order valence-electron chi connectivity index (χ4n) is 2.83. The maximum absolute atomic E-state index is 12.9. The van der Waals surface area contributed by atoms with Crippen LogP contribution < -0.4 is 5.32 Å². The third kappa shape index (κ3) is 3.98. The van der Waals surface area contributed by atoms with E-state index in [1.54, 1.807) is 22.7 Å². The molecular formula is C20H16ClN3OS2. The Labute approximate surface area is 169 Å². The number of aryl methyl sites for hydroxylation is 1. The zero-order valence-corrected chi connectivity index (χ0v) is 16.8. The van der Waals surface area contributed by atoms with Crippen molar-refractivity contribution in [2.75, 3.05) is 0 Å². The molecule has 3 heterocycles. The second kappa shape index (κ2) is 7.68. The van der Waals surface area contributed by atoms with E-state index in [2.05, 4.69) is 15.3 Å². The number of hydrogen-bond acceptors (Lipinski definition) is 4. The van der Waals surface area contributed by atoms with Gasteiger partial charge < -0.3 is 10.3 Å². The quantitative estimate of drug-likeness (QED) is 0.442. The second-order valence-electron chi connectivity index (χ2n) is 6.07. The predicted octanol–water partition coefficient (Wildman–Crippen LogP) is 5.68. The topological polar surface area (TPSA) is 57.8 Å². The fraction of sp³-hybridized carbons (Fsp3) is 0.100. The van der Waals surface area contributed by atoms with E-state index in [1.807, 2.05) is 65.7 Å². The highest BCUT2D eigenvalue weighted by Gasteiger charge is 2.19. The molecule has 4 aromatic rings. The number of aromatic amines is 1. The van der Waals surface area contributed by atoms with Crippen LogP contribution in [0.3, 0.4) is 0 Å². The van der Waals surface area contributed by atoms with Crippen molar-refractivity contribution in [1.82, 2.24) is 15.3 Å². The lowest BCUT2D eigenvalue weighted by Crippen LogP contribution is -2.29. The van der Waals surface area contributed by atoms with Crippen LogP contribution in [-0.2, 0) is 0 Å². The first-order chi connectivity index (χ1) is 13.1. The number of amides is 1. The molecule has 0 unspecified atom stereocenters. The molecule has 0 radical (unpaired) electrons. The molecule has 0 bridgehead atoms. The second-order valence-corrected chi connectivity index (χ2v) is 8.35. The number of thiazole rings is 1. The Bertz CT molecular complexity index is 1050. The van der Waals surface area contributed by atoms with Crippen molar-refractivity contribution >= 4 is 40.2 Å². The van der Waals surface area contributed by atoms with Crippen LogP contribution in [0.2, 0.25) is 5.02 Å². The summed E-state index contributed by atoms with van der Waals surface area (Å²) in [6.45, 7) is 1.96. The predicted molar refractivity (Wildman–Crippen MR) is 112 cm³/mol. The lowest BCUT2D eigenvalue weighted by Gasteiger charge is -2.18. The summed E-state index contributed by atoms with van der Waals surface area (Å²) < 4.78 is 0. The molecule has 0 aliphatic rings. The van der Waals surface area contributed by atoms with Crippen LogP contribution in [0.1, 0.15) is 32.7 Å². The summed E-state index contributed by atoms with van der Waals surface area (Å²) >= 11 is 9.20. The molecule has 1 atom stereocenters. The zero-order chi connectivity index (χ0) is 18.8. The van der Waals surface area contributed by atoms with E-state index in [-0.39, 0.29) is 11.9 Å². The number of hydrogen-bond donors (Lipinski definition) is 2. The van der Waals surface area contributed by atoms with Crippen LogP contribution in [0.25, 0.3) is 11.3 Å². The van der Waals surface area contributed by atoms with E-state index in [1.165, 1.54) is 0 Å². The number of halogens is 1. The van der Waals surface area contributed by atoms with Gasteiger partial charge in [0.1, 0.15) is 5.69 Å². The number of nitrogens with one attached hydrogen (secondary N) is 2. The molecule has 1 aromatic carbocycles. The van der Waals surface area contributed by atoms with Crippen molar-refractivity contribution in [3.8, 4) is 11.3 Å². The first kappa shape index (κ1) is 18.0. The van der Waals surface area contributed by atoms with Gasteiger partial charge in [0.15, 0.2) is 0 Å². The van der Waals surface area contributed by atoms with Gasteiger partial charge in [-0.15, -0.1) is 11.3 Å². The van der Waals surface area contributed by atoms with Crippen molar-refractivity contribution < 1.29 is 4.79 Å². The Morgan fingerprint density at radius 3 is 2.67 bits per heavy atom. The molecule has 4 rings (SSSR count). The minimum atomic E-state index is -0.241. The standard InChI is InChI=1S/C20H16ClN3OS2/c1-12-23-18(11-27-12)15-8-17(22-9-15)20(25)24-19(14-6-7-26-10-14)13-2-4-16(21)5-3-13/h2-11,19,22H,1H3,(H,24,25)/t19-/m1/s1. The van der Waals surface area contributed by atoms with Gasteiger partial charge >= 0.3 is 0 Å². The fourth-order valence-corrected chi connectivity index (χ4v) is 4.27. The third-order valence-electron chi connectivity index (χ3n) is 4.20. The maximum Gasteiger partial charge on any atom is 0.268 e. The van der Waals surface area contributed by atoms with E-state index in [4.69, 9.17) is 11.6 Å². The van der Waals surface area contributed by atoms with E-state index in [0.29, 0.717) is 10.7 Å². The zero-order valence-electron chi connectivity index (χ0n) is 14.4. The van der Waals surface area contributed by atoms with Gasteiger partial charge in [-0.1, -0.05) is 23.7 Å². The summed E-state index contributed by atoms with van der Waals surface area (Å²) in [5.41, 5.74) is 4.30. The largest absolute Gasteiger partial charge is 0.357 e. The molecule has 4 nitrogen and oxygen atoms in total. The normalized spacial score (nSPS) is 12.1. The minimum absolute atomic E-state index is 0.167. The summed E-state index contributed by atoms with van der Waals surface area (Å²) in [6.07, 6.45) is 1.81. The third-order valence-corrected chi connectivity index (χ3v) is 5.92. The molecule has 0 aliphatic heterocycles. The smallest absolute Gasteiger partial charge is 0.268 e. The summed E-state index contributed by atoms with van der Waals surface area (Å²) in [5, 5.41) is 10.8. The lowest BCUT2D eigenvalue weighted by atomic mass is 10.0. The first-order valence-electron chi connectivity index (χ1n) is 8.29. The number of H-pyrrole nitrogens is 1. The number of rotatable bonds is 5. The van der Waals surface area contributed by atoms with Crippen molar-refractivity contribution in [3.05, 3.63) is 85.6 Å². The molecule has 136 valence electrons. The number of thiophene rings is 1. The highest BCUT2D eigenvalue weighted by molar-refractivity contribution is 7.09. The van der Waals surface area contributed by atoms with Crippen LogP contribution in [0.4, 0.5) is 0 Å². The molecule has 1 amide bonds. The first-order valence-corrected chi connectivity index (χ1v) is 10.5. The van der Waals surface area contributed by atoms with Gasteiger partial charge in [-0.05, 0) is 53.1 Å². The average molecular weight is 414 g/mol. The molecule has 0 spiro atoms. The number of carbonyl (C=O) groups excluding carboxylic acids is 1. The van der Waals surface area contributed by atoms with Crippen LogP contribution >= 0.6 is 34.3 Å². The van der Waals surface area contributed by atoms with Gasteiger partial charge in [-0.2, -0.15) is 11.3 Å². The minimum Gasteiger partial charge on any atom is -0.357 e. The van der Waals surface area contributed by atoms with Gasteiger partial charge in [-0.25, -0.2) is 4.98 Å².